The highest BCUT2D eigenvalue weighted by Crippen LogP contribution is 2.34. The molecule has 0 fully saturated rings. The Morgan fingerprint density at radius 3 is 2.35 bits per heavy atom. The van der Waals surface area contributed by atoms with Crippen LogP contribution in [0.15, 0.2) is 80.7 Å². The van der Waals surface area contributed by atoms with E-state index in [1.807, 2.05) is 36.4 Å². The lowest BCUT2D eigenvalue weighted by molar-refractivity contribution is -0.114. The van der Waals surface area contributed by atoms with E-state index < -0.39 is 5.91 Å². The maximum absolute atomic E-state index is 12.6. The van der Waals surface area contributed by atoms with Crippen LogP contribution in [0.5, 0.6) is 0 Å². The smallest absolute Gasteiger partial charge is 0.283 e. The number of amides is 1. The predicted octanol–water partition coefficient (Wildman–Crippen LogP) is 5.92. The Balaban J connectivity index is 1.47. The van der Waals surface area contributed by atoms with Crippen LogP contribution < -0.4 is 0 Å². The third-order valence-corrected chi connectivity index (χ3v) is 6.21. The van der Waals surface area contributed by atoms with Gasteiger partial charge in [0.05, 0.1) is 15.6 Å². The molecule has 31 heavy (non-hydrogen) atoms. The van der Waals surface area contributed by atoms with Gasteiger partial charge < -0.3 is 4.42 Å². The Morgan fingerprint density at radius 2 is 1.65 bits per heavy atom. The molecule has 0 aliphatic carbocycles. The number of hydrazone groups is 1. The second kappa shape index (κ2) is 7.85. The zero-order valence-electron chi connectivity index (χ0n) is 15.7. The summed E-state index contributed by atoms with van der Waals surface area (Å²) >= 11 is 13.7. The molecule has 152 valence electrons. The third-order valence-electron chi connectivity index (χ3n) is 4.61. The fourth-order valence-corrected chi connectivity index (χ4v) is 4.55. The summed E-state index contributed by atoms with van der Waals surface area (Å²) in [5.41, 5.74) is 1.53. The van der Waals surface area contributed by atoms with Gasteiger partial charge in [0.25, 0.3) is 5.91 Å². The van der Waals surface area contributed by atoms with Gasteiger partial charge in [-0.1, -0.05) is 53.5 Å². The van der Waals surface area contributed by atoms with E-state index in [1.54, 1.807) is 24.3 Å². The van der Waals surface area contributed by atoms with Crippen LogP contribution in [0.3, 0.4) is 0 Å². The number of fused-ring (bicyclic) bond motifs is 1. The molecule has 6 nitrogen and oxygen atoms in total. The molecule has 0 radical (unpaired) electrons. The van der Waals surface area contributed by atoms with Crippen molar-refractivity contribution in [1.82, 2.24) is 5.01 Å². The largest absolute Gasteiger partial charge is 0.457 e. The Morgan fingerprint density at radius 1 is 0.968 bits per heavy atom. The molecule has 1 N–H and O–H groups in total. The zero-order valence-corrected chi connectivity index (χ0v) is 18.0. The first-order valence-corrected chi connectivity index (χ1v) is 10.7. The lowest BCUT2D eigenvalue weighted by atomic mass is 10.1. The highest BCUT2D eigenvalue weighted by molar-refractivity contribution is 8.27. The summed E-state index contributed by atoms with van der Waals surface area (Å²) in [7, 11) is 0. The molecule has 2 aliphatic heterocycles. The van der Waals surface area contributed by atoms with Gasteiger partial charge in [0.15, 0.2) is 5.84 Å². The number of carbonyl (C=O) groups excluding carboxylic acids is 1. The molecule has 1 aromatic heterocycles. The Kier molecular flexibility index (Phi) is 5.02. The average Bonchev–Trinajstić information content (AvgIpc) is 3.39. The summed E-state index contributed by atoms with van der Waals surface area (Å²) in [5, 5.41) is 16.3. The van der Waals surface area contributed by atoms with Crippen molar-refractivity contribution >= 4 is 63.0 Å². The molecule has 0 atom stereocenters. The highest BCUT2D eigenvalue weighted by Gasteiger charge is 2.36. The minimum absolute atomic E-state index is 0.0774. The molecule has 3 heterocycles. The zero-order chi connectivity index (χ0) is 21.5. The van der Waals surface area contributed by atoms with Crippen molar-refractivity contribution in [3.8, 4) is 11.3 Å². The van der Waals surface area contributed by atoms with Crippen LogP contribution in [0.1, 0.15) is 11.3 Å². The Bertz CT molecular complexity index is 1340. The summed E-state index contributed by atoms with van der Waals surface area (Å²) in [6.07, 6.45) is 1.49. The van der Waals surface area contributed by atoms with Gasteiger partial charge in [-0.2, -0.15) is 15.1 Å². The normalized spacial score (nSPS) is 17.1. The van der Waals surface area contributed by atoms with Crippen molar-refractivity contribution in [2.24, 2.45) is 10.1 Å². The SMILES string of the molecule is N=C1C(=Cc2ccc(-c3ccccc3Cl)o2)C(=O)N=C2SC(c3ccccc3Cl)=NN12. The van der Waals surface area contributed by atoms with E-state index in [-0.39, 0.29) is 11.4 Å². The van der Waals surface area contributed by atoms with Gasteiger partial charge in [-0.25, -0.2) is 0 Å². The summed E-state index contributed by atoms with van der Waals surface area (Å²) < 4.78 is 5.83. The molecule has 9 heteroatoms. The van der Waals surface area contributed by atoms with Crippen molar-refractivity contribution in [3.05, 3.63) is 87.6 Å². The first kappa shape index (κ1) is 19.8. The van der Waals surface area contributed by atoms with Crippen molar-refractivity contribution in [3.63, 3.8) is 0 Å². The molecule has 2 aliphatic rings. The summed E-state index contributed by atoms with van der Waals surface area (Å²) in [4.78, 5) is 16.7. The van der Waals surface area contributed by atoms with Crippen LogP contribution in [0.25, 0.3) is 17.4 Å². The second-order valence-corrected chi connectivity index (χ2v) is 8.36. The molecule has 3 aromatic rings. The number of amidine groups is 2. The topological polar surface area (TPSA) is 82.0 Å². The molecule has 0 unspecified atom stereocenters. The minimum atomic E-state index is -0.532. The predicted molar refractivity (Wildman–Crippen MR) is 125 cm³/mol. The fraction of sp³-hybridized carbons (Fsp3) is 0. The van der Waals surface area contributed by atoms with E-state index in [0.29, 0.717) is 37.3 Å². The molecule has 5 rings (SSSR count). The summed E-state index contributed by atoms with van der Waals surface area (Å²) in [5.74, 6) is 0.353. The van der Waals surface area contributed by atoms with Crippen LogP contribution in [0, 0.1) is 5.41 Å². The lowest BCUT2D eigenvalue weighted by Crippen LogP contribution is -2.35. The first-order valence-electron chi connectivity index (χ1n) is 9.11. The van der Waals surface area contributed by atoms with Gasteiger partial charge in [0, 0.05) is 11.1 Å². The van der Waals surface area contributed by atoms with E-state index in [0.717, 1.165) is 5.56 Å². The van der Waals surface area contributed by atoms with Crippen molar-refractivity contribution < 1.29 is 9.21 Å². The van der Waals surface area contributed by atoms with E-state index in [2.05, 4.69) is 10.1 Å². The van der Waals surface area contributed by atoms with Gasteiger partial charge in [0.2, 0.25) is 5.17 Å². The number of carbonyl (C=O) groups is 1. The van der Waals surface area contributed by atoms with Gasteiger partial charge in [-0.05, 0) is 48.2 Å². The van der Waals surface area contributed by atoms with Crippen LogP contribution in [-0.2, 0) is 4.79 Å². The average molecular weight is 467 g/mol. The number of rotatable bonds is 3. The van der Waals surface area contributed by atoms with Crippen molar-refractivity contribution in [2.45, 2.75) is 0 Å². The highest BCUT2D eigenvalue weighted by atomic mass is 35.5. The molecule has 2 aromatic carbocycles. The van der Waals surface area contributed by atoms with Crippen molar-refractivity contribution in [1.29, 1.82) is 5.41 Å². The molecule has 0 bridgehead atoms. The Labute approximate surface area is 191 Å². The maximum Gasteiger partial charge on any atom is 0.283 e. The molecule has 0 saturated carbocycles. The summed E-state index contributed by atoms with van der Waals surface area (Å²) in [6.45, 7) is 0. The number of thioether (sulfide) groups is 1. The molecule has 1 amide bonds. The molecular weight excluding hydrogens is 455 g/mol. The fourth-order valence-electron chi connectivity index (χ4n) is 3.11. The van der Waals surface area contributed by atoms with Crippen LogP contribution in [-0.4, -0.2) is 27.0 Å². The lowest BCUT2D eigenvalue weighted by Gasteiger charge is -2.19. The number of aliphatic imine (C=N–C) groups is 1. The number of halogens is 2. The first-order chi connectivity index (χ1) is 15.0. The number of furan rings is 1. The van der Waals surface area contributed by atoms with Gasteiger partial charge in [-0.3, -0.25) is 10.2 Å². The standard InChI is InChI=1S/C22H12Cl2N4O2S/c23-16-7-3-1-5-13(16)18-10-9-12(30-18)11-15-19(25)28-22(26-20(15)29)31-21(27-28)14-6-2-4-8-17(14)24/h1-11,25H. The number of benzene rings is 2. The van der Waals surface area contributed by atoms with E-state index in [4.69, 9.17) is 33.0 Å². The summed E-state index contributed by atoms with van der Waals surface area (Å²) in [6, 6.07) is 18.0. The van der Waals surface area contributed by atoms with E-state index in [9.17, 15) is 4.79 Å². The molecule has 0 saturated heterocycles. The Hall–Kier alpha value is -3.13. The molecular formula is C22H12Cl2N4O2S. The number of hydrogen-bond donors (Lipinski definition) is 1. The second-order valence-electron chi connectivity index (χ2n) is 6.59. The number of nitrogens with zero attached hydrogens (tertiary/aromatic N) is 3. The number of hydrogen-bond acceptors (Lipinski definition) is 5. The number of nitrogens with one attached hydrogen (secondary N) is 1. The van der Waals surface area contributed by atoms with Gasteiger partial charge in [-0.15, -0.1) is 0 Å². The minimum Gasteiger partial charge on any atom is -0.457 e. The van der Waals surface area contributed by atoms with Crippen LogP contribution >= 0.6 is 35.0 Å². The van der Waals surface area contributed by atoms with E-state index in [1.165, 1.54) is 22.8 Å². The third kappa shape index (κ3) is 3.61. The van der Waals surface area contributed by atoms with Gasteiger partial charge >= 0.3 is 0 Å². The van der Waals surface area contributed by atoms with E-state index >= 15 is 0 Å². The van der Waals surface area contributed by atoms with Crippen molar-refractivity contribution in [2.75, 3.05) is 0 Å². The monoisotopic (exact) mass is 466 g/mol. The quantitative estimate of drug-likeness (QED) is 0.485. The molecule has 0 spiro atoms. The van der Waals surface area contributed by atoms with Crippen LogP contribution in [0.4, 0.5) is 0 Å². The van der Waals surface area contributed by atoms with Crippen LogP contribution in [0.2, 0.25) is 10.0 Å². The maximum atomic E-state index is 12.6. The van der Waals surface area contributed by atoms with Gasteiger partial charge in [0.1, 0.15) is 16.6 Å².